The second kappa shape index (κ2) is 4.70. The van der Waals surface area contributed by atoms with Gasteiger partial charge >= 0.3 is 0 Å². The summed E-state index contributed by atoms with van der Waals surface area (Å²) in [6.45, 7) is 12.6. The van der Waals surface area contributed by atoms with Gasteiger partial charge in [-0.05, 0) is 43.1 Å². The van der Waals surface area contributed by atoms with E-state index >= 15 is 0 Å². The van der Waals surface area contributed by atoms with Gasteiger partial charge in [0.1, 0.15) is 0 Å². The lowest BCUT2D eigenvalue weighted by Gasteiger charge is -2.44. The zero-order valence-corrected chi connectivity index (χ0v) is 14.4. The molecule has 0 bridgehead atoms. The number of hydrogen-bond acceptors (Lipinski definition) is 3. The van der Waals surface area contributed by atoms with Crippen LogP contribution < -0.4 is 0 Å². The van der Waals surface area contributed by atoms with E-state index < -0.39 is 0 Å². The normalized spacial score (nSPS) is 42.0. The molecule has 3 aliphatic heterocycles. The lowest BCUT2D eigenvalue weighted by atomic mass is 9.69. The van der Waals surface area contributed by atoms with Crippen molar-refractivity contribution in [1.29, 1.82) is 0 Å². The molecule has 3 atom stereocenters. The van der Waals surface area contributed by atoms with Gasteiger partial charge in [0.05, 0.1) is 13.2 Å². The minimum absolute atomic E-state index is 0.287. The molecule has 0 N–H and O–H groups in total. The number of rotatable bonds is 1. The number of ether oxygens (including phenoxy) is 1. The standard InChI is InChI=1S/C18H30N2O2/c1-16(2,3)18-5-4-6-20(18)13-17(12-18)11-14(17)15(21)19-7-9-22-10-8-19/h14H,4-13H2,1-3H3. The minimum atomic E-state index is 0.287. The van der Waals surface area contributed by atoms with Gasteiger partial charge in [-0.2, -0.15) is 0 Å². The summed E-state index contributed by atoms with van der Waals surface area (Å²) in [5, 5.41) is 0. The number of fused-ring (bicyclic) bond motifs is 1. The third-order valence-corrected chi connectivity index (χ3v) is 6.98. The Morgan fingerprint density at radius 1 is 1.18 bits per heavy atom. The SMILES string of the molecule is CC(C)(C)C12CCCN1CC1(CC1C(=O)N1CCOCC1)C2. The molecule has 1 amide bonds. The van der Waals surface area contributed by atoms with E-state index in [1.165, 1.54) is 25.8 Å². The second-order valence-corrected chi connectivity index (χ2v) is 9.04. The molecule has 22 heavy (non-hydrogen) atoms. The average molecular weight is 306 g/mol. The summed E-state index contributed by atoms with van der Waals surface area (Å²) < 4.78 is 5.39. The van der Waals surface area contributed by atoms with Gasteiger partial charge in [-0.1, -0.05) is 20.8 Å². The summed E-state index contributed by atoms with van der Waals surface area (Å²) in [4.78, 5) is 17.6. The Labute approximate surface area is 134 Å². The zero-order chi connectivity index (χ0) is 15.6. The van der Waals surface area contributed by atoms with Crippen LogP contribution in [0, 0.1) is 16.7 Å². The minimum Gasteiger partial charge on any atom is -0.378 e. The highest BCUT2D eigenvalue weighted by Gasteiger charge is 2.70. The monoisotopic (exact) mass is 306 g/mol. The first-order valence-electron chi connectivity index (χ1n) is 9.00. The molecule has 0 radical (unpaired) electrons. The molecular weight excluding hydrogens is 276 g/mol. The first-order valence-corrected chi connectivity index (χ1v) is 9.00. The van der Waals surface area contributed by atoms with Crippen molar-refractivity contribution in [3.05, 3.63) is 0 Å². The molecular formula is C18H30N2O2. The number of carbonyl (C=O) groups excluding carboxylic acids is 1. The first-order chi connectivity index (χ1) is 10.4. The lowest BCUT2D eigenvalue weighted by molar-refractivity contribution is -0.137. The van der Waals surface area contributed by atoms with E-state index in [1.54, 1.807) is 0 Å². The van der Waals surface area contributed by atoms with E-state index in [9.17, 15) is 4.79 Å². The van der Waals surface area contributed by atoms with Crippen LogP contribution in [0.3, 0.4) is 0 Å². The van der Waals surface area contributed by atoms with Crippen molar-refractivity contribution in [2.24, 2.45) is 16.7 Å². The average Bonchev–Trinajstić information content (AvgIpc) is 2.82. The van der Waals surface area contributed by atoms with Crippen LogP contribution in [0.5, 0.6) is 0 Å². The third kappa shape index (κ3) is 1.99. The van der Waals surface area contributed by atoms with Gasteiger partial charge in [-0.25, -0.2) is 0 Å². The van der Waals surface area contributed by atoms with Crippen molar-refractivity contribution in [1.82, 2.24) is 9.80 Å². The van der Waals surface area contributed by atoms with Crippen LogP contribution in [0.1, 0.15) is 46.5 Å². The molecule has 0 aromatic heterocycles. The van der Waals surface area contributed by atoms with Gasteiger partial charge in [-0.15, -0.1) is 0 Å². The molecule has 1 spiro atoms. The fraction of sp³-hybridized carbons (Fsp3) is 0.944. The highest BCUT2D eigenvalue weighted by molar-refractivity contribution is 5.83. The van der Waals surface area contributed by atoms with Gasteiger partial charge in [0.15, 0.2) is 0 Å². The molecule has 3 saturated heterocycles. The smallest absolute Gasteiger partial charge is 0.226 e. The third-order valence-electron chi connectivity index (χ3n) is 6.98. The van der Waals surface area contributed by atoms with Gasteiger partial charge in [-0.3, -0.25) is 9.69 Å². The summed E-state index contributed by atoms with van der Waals surface area (Å²) in [5.41, 5.74) is 0.943. The summed E-state index contributed by atoms with van der Waals surface area (Å²) >= 11 is 0. The van der Waals surface area contributed by atoms with E-state index in [4.69, 9.17) is 4.74 Å². The van der Waals surface area contributed by atoms with E-state index in [2.05, 4.69) is 30.6 Å². The Balaban J connectivity index is 1.50. The summed E-state index contributed by atoms with van der Waals surface area (Å²) in [5.74, 6) is 0.698. The number of amides is 1. The van der Waals surface area contributed by atoms with Gasteiger partial charge in [0.2, 0.25) is 5.91 Å². The molecule has 1 aliphatic carbocycles. The Morgan fingerprint density at radius 2 is 1.91 bits per heavy atom. The van der Waals surface area contributed by atoms with E-state index in [0.29, 0.717) is 35.5 Å². The summed E-state index contributed by atoms with van der Waals surface area (Å²) in [6, 6.07) is 0. The topological polar surface area (TPSA) is 32.8 Å². The lowest BCUT2D eigenvalue weighted by Crippen LogP contribution is -2.48. The highest BCUT2D eigenvalue weighted by Crippen LogP contribution is 2.68. The van der Waals surface area contributed by atoms with E-state index in [-0.39, 0.29) is 5.92 Å². The molecule has 4 fully saturated rings. The van der Waals surface area contributed by atoms with Crippen LogP contribution in [0.4, 0.5) is 0 Å². The van der Waals surface area contributed by atoms with E-state index in [0.717, 1.165) is 26.1 Å². The largest absolute Gasteiger partial charge is 0.378 e. The van der Waals surface area contributed by atoms with Gasteiger partial charge < -0.3 is 9.64 Å². The maximum atomic E-state index is 12.8. The summed E-state index contributed by atoms with van der Waals surface area (Å²) in [7, 11) is 0. The molecule has 124 valence electrons. The molecule has 0 aromatic rings. The van der Waals surface area contributed by atoms with Gasteiger partial charge in [0.25, 0.3) is 0 Å². The maximum Gasteiger partial charge on any atom is 0.226 e. The Hall–Kier alpha value is -0.610. The number of hydrogen-bond donors (Lipinski definition) is 0. The number of nitrogens with zero attached hydrogens (tertiary/aromatic N) is 2. The van der Waals surface area contributed by atoms with Crippen molar-refractivity contribution in [2.45, 2.75) is 52.0 Å². The van der Waals surface area contributed by atoms with E-state index in [1.807, 2.05) is 0 Å². The van der Waals surface area contributed by atoms with Crippen LogP contribution in [0.2, 0.25) is 0 Å². The summed E-state index contributed by atoms with van der Waals surface area (Å²) in [6.07, 6.45) is 5.01. The van der Waals surface area contributed by atoms with Crippen LogP contribution in [-0.2, 0) is 9.53 Å². The van der Waals surface area contributed by atoms with Crippen molar-refractivity contribution in [3.8, 4) is 0 Å². The predicted octanol–water partition coefficient (Wildman–Crippen LogP) is 2.14. The van der Waals surface area contributed by atoms with Crippen molar-refractivity contribution in [2.75, 3.05) is 39.4 Å². The van der Waals surface area contributed by atoms with Crippen LogP contribution in [0.15, 0.2) is 0 Å². The van der Waals surface area contributed by atoms with Crippen LogP contribution in [0.25, 0.3) is 0 Å². The second-order valence-electron chi connectivity index (χ2n) is 9.04. The molecule has 4 rings (SSSR count). The fourth-order valence-electron chi connectivity index (χ4n) is 5.57. The fourth-order valence-corrected chi connectivity index (χ4v) is 5.57. The molecule has 4 heteroatoms. The molecule has 3 unspecified atom stereocenters. The quantitative estimate of drug-likeness (QED) is 0.744. The Bertz CT molecular complexity index is 480. The zero-order valence-electron chi connectivity index (χ0n) is 14.4. The number of morpholine rings is 1. The highest BCUT2D eigenvalue weighted by atomic mass is 16.5. The molecule has 1 saturated carbocycles. The van der Waals surface area contributed by atoms with Crippen molar-refractivity contribution >= 4 is 5.91 Å². The Kier molecular flexibility index (Phi) is 3.19. The molecule has 3 heterocycles. The molecule has 4 nitrogen and oxygen atoms in total. The van der Waals surface area contributed by atoms with Crippen LogP contribution in [-0.4, -0.2) is 60.6 Å². The number of carbonyl (C=O) groups is 1. The predicted molar refractivity (Wildman–Crippen MR) is 85.5 cm³/mol. The van der Waals surface area contributed by atoms with Crippen LogP contribution >= 0.6 is 0 Å². The first kappa shape index (κ1) is 14.9. The molecule has 4 aliphatic rings. The Morgan fingerprint density at radius 3 is 2.55 bits per heavy atom. The van der Waals surface area contributed by atoms with Crippen molar-refractivity contribution in [3.63, 3.8) is 0 Å². The van der Waals surface area contributed by atoms with Crippen molar-refractivity contribution < 1.29 is 9.53 Å². The van der Waals surface area contributed by atoms with Gasteiger partial charge in [0, 0.05) is 31.1 Å². The molecule has 0 aromatic carbocycles. The maximum absolute atomic E-state index is 12.8.